The molecule has 0 saturated carbocycles. The van der Waals surface area contributed by atoms with Crippen LogP contribution in [-0.2, 0) is 0 Å². The maximum Gasteiger partial charge on any atom is 0.280 e. The number of anilines is 1. The zero-order valence-electron chi connectivity index (χ0n) is 9.39. The molecule has 7 nitrogen and oxygen atoms in total. The lowest BCUT2D eigenvalue weighted by Gasteiger charge is -2.17. The quantitative estimate of drug-likeness (QED) is 0.444. The van der Waals surface area contributed by atoms with Crippen LogP contribution < -0.4 is 4.90 Å². The first-order valence-corrected chi connectivity index (χ1v) is 5.37. The molecule has 0 bridgehead atoms. The van der Waals surface area contributed by atoms with Crippen molar-refractivity contribution >= 4 is 17.7 Å². The number of hydrogen-bond acceptors (Lipinski definition) is 6. The average molecular weight is 252 g/mol. The SMILES string of the molecule is O=Cc1cc(N2CC(O)C(O)C2)ccc1[N+](=O)[O-]. The zero-order chi connectivity index (χ0) is 13.3. The molecule has 1 aliphatic rings. The molecule has 2 rings (SSSR count). The summed E-state index contributed by atoms with van der Waals surface area (Å²) in [4.78, 5) is 22.5. The first kappa shape index (κ1) is 12.5. The molecule has 2 N–H and O–H groups in total. The van der Waals surface area contributed by atoms with Gasteiger partial charge in [-0.05, 0) is 12.1 Å². The Balaban J connectivity index is 2.31. The first-order chi connectivity index (χ1) is 8.52. The molecule has 1 aromatic rings. The highest BCUT2D eigenvalue weighted by Gasteiger charge is 2.30. The van der Waals surface area contributed by atoms with Crippen molar-refractivity contribution in [1.82, 2.24) is 0 Å². The molecule has 0 radical (unpaired) electrons. The number of nitro benzene ring substituents is 1. The Morgan fingerprint density at radius 2 is 1.94 bits per heavy atom. The van der Waals surface area contributed by atoms with E-state index in [1.807, 2.05) is 0 Å². The summed E-state index contributed by atoms with van der Waals surface area (Å²) in [5.41, 5.74) is 0.292. The number of β-amino-alcohol motifs (C(OH)–C–C–N with tert-alkyl or cyclic N) is 2. The highest BCUT2D eigenvalue weighted by Crippen LogP contribution is 2.26. The summed E-state index contributed by atoms with van der Waals surface area (Å²) < 4.78 is 0. The number of aliphatic hydroxyl groups is 2. The highest BCUT2D eigenvalue weighted by molar-refractivity contribution is 5.83. The second kappa shape index (κ2) is 4.71. The molecule has 1 aromatic carbocycles. The van der Waals surface area contributed by atoms with Gasteiger partial charge in [-0.25, -0.2) is 0 Å². The van der Waals surface area contributed by atoms with Crippen LogP contribution in [0.3, 0.4) is 0 Å². The monoisotopic (exact) mass is 252 g/mol. The molecular weight excluding hydrogens is 240 g/mol. The maximum absolute atomic E-state index is 10.8. The van der Waals surface area contributed by atoms with Gasteiger partial charge >= 0.3 is 0 Å². The molecule has 7 heteroatoms. The Labute approximate surface area is 102 Å². The Hall–Kier alpha value is -1.99. The predicted molar refractivity (Wildman–Crippen MR) is 62.7 cm³/mol. The lowest BCUT2D eigenvalue weighted by atomic mass is 10.1. The van der Waals surface area contributed by atoms with Crippen molar-refractivity contribution in [2.75, 3.05) is 18.0 Å². The summed E-state index contributed by atoms with van der Waals surface area (Å²) in [6.07, 6.45) is -1.27. The van der Waals surface area contributed by atoms with Gasteiger partial charge in [-0.2, -0.15) is 0 Å². The van der Waals surface area contributed by atoms with Gasteiger partial charge in [0.15, 0.2) is 6.29 Å². The first-order valence-electron chi connectivity index (χ1n) is 5.37. The number of nitro groups is 1. The van der Waals surface area contributed by atoms with Crippen LogP contribution in [0, 0.1) is 10.1 Å². The zero-order valence-corrected chi connectivity index (χ0v) is 9.39. The molecule has 0 aliphatic carbocycles. The van der Waals surface area contributed by atoms with E-state index in [1.165, 1.54) is 18.2 Å². The number of hydrogen-bond donors (Lipinski definition) is 2. The fourth-order valence-corrected chi connectivity index (χ4v) is 1.98. The second-order valence-corrected chi connectivity index (χ2v) is 4.16. The number of carbonyl (C=O) groups is 1. The van der Waals surface area contributed by atoms with Crippen molar-refractivity contribution in [2.24, 2.45) is 0 Å². The Morgan fingerprint density at radius 3 is 2.44 bits per heavy atom. The minimum Gasteiger partial charge on any atom is -0.389 e. The number of aliphatic hydroxyl groups excluding tert-OH is 2. The van der Waals surface area contributed by atoms with E-state index in [0.717, 1.165) is 0 Å². The lowest BCUT2D eigenvalue weighted by molar-refractivity contribution is -0.385. The Bertz CT molecular complexity index is 480. The Kier molecular flexibility index (Phi) is 3.26. The summed E-state index contributed by atoms with van der Waals surface area (Å²) in [5.74, 6) is 0. The predicted octanol–water partition coefficient (Wildman–Crippen LogP) is -0.0509. The van der Waals surface area contributed by atoms with Gasteiger partial charge in [-0.1, -0.05) is 0 Å². The third-order valence-corrected chi connectivity index (χ3v) is 2.96. The fraction of sp³-hybridized carbons (Fsp3) is 0.364. The standard InChI is InChI=1S/C11H12N2O5/c14-6-7-3-8(1-2-9(7)13(17)18)12-4-10(15)11(16)5-12/h1-3,6,10-11,15-16H,4-5H2. The van der Waals surface area contributed by atoms with Crippen molar-refractivity contribution in [3.05, 3.63) is 33.9 Å². The third-order valence-electron chi connectivity index (χ3n) is 2.96. The smallest absolute Gasteiger partial charge is 0.280 e. The van der Waals surface area contributed by atoms with Gasteiger partial charge in [-0.15, -0.1) is 0 Å². The van der Waals surface area contributed by atoms with Crippen molar-refractivity contribution < 1.29 is 19.9 Å². The highest BCUT2D eigenvalue weighted by atomic mass is 16.6. The Morgan fingerprint density at radius 1 is 1.33 bits per heavy atom. The van der Waals surface area contributed by atoms with E-state index in [-0.39, 0.29) is 24.3 Å². The van der Waals surface area contributed by atoms with Crippen LogP contribution in [0.4, 0.5) is 11.4 Å². The average Bonchev–Trinajstić information content (AvgIpc) is 2.68. The van der Waals surface area contributed by atoms with Crippen LogP contribution in [0.1, 0.15) is 10.4 Å². The summed E-state index contributed by atoms with van der Waals surface area (Å²) in [6.45, 7) is 0.467. The summed E-state index contributed by atoms with van der Waals surface area (Å²) >= 11 is 0. The van der Waals surface area contributed by atoms with E-state index < -0.39 is 17.1 Å². The maximum atomic E-state index is 10.8. The molecule has 1 heterocycles. The minimum absolute atomic E-state index is 0.0200. The largest absolute Gasteiger partial charge is 0.389 e. The summed E-state index contributed by atoms with van der Waals surface area (Å²) in [7, 11) is 0. The van der Waals surface area contributed by atoms with Crippen LogP contribution in [0.25, 0.3) is 0 Å². The van der Waals surface area contributed by atoms with Gasteiger partial charge in [0.05, 0.1) is 22.7 Å². The van der Waals surface area contributed by atoms with Crippen LogP contribution in [0.15, 0.2) is 18.2 Å². The fourth-order valence-electron chi connectivity index (χ4n) is 1.98. The van der Waals surface area contributed by atoms with Gasteiger partial charge in [0.25, 0.3) is 5.69 Å². The van der Waals surface area contributed by atoms with Crippen LogP contribution >= 0.6 is 0 Å². The minimum atomic E-state index is -0.847. The molecule has 96 valence electrons. The van der Waals surface area contributed by atoms with Gasteiger partial charge < -0.3 is 15.1 Å². The van der Waals surface area contributed by atoms with E-state index in [0.29, 0.717) is 12.0 Å². The molecular formula is C11H12N2O5. The summed E-state index contributed by atoms with van der Waals surface area (Å²) in [6, 6.07) is 4.13. The van der Waals surface area contributed by atoms with Gasteiger partial charge in [-0.3, -0.25) is 14.9 Å². The molecule has 2 unspecified atom stereocenters. The number of nitrogens with zero attached hydrogens (tertiary/aromatic N) is 2. The molecule has 0 amide bonds. The number of carbonyl (C=O) groups excluding carboxylic acids is 1. The normalized spacial score (nSPS) is 23.1. The van der Waals surface area contributed by atoms with Crippen LogP contribution in [0.5, 0.6) is 0 Å². The lowest BCUT2D eigenvalue weighted by Crippen LogP contribution is -2.22. The number of rotatable bonds is 3. The topological polar surface area (TPSA) is 104 Å². The van der Waals surface area contributed by atoms with Gasteiger partial charge in [0, 0.05) is 24.8 Å². The van der Waals surface area contributed by atoms with Gasteiger partial charge in [0.2, 0.25) is 0 Å². The molecule has 0 aromatic heterocycles. The van der Waals surface area contributed by atoms with Crippen LogP contribution in [-0.4, -0.2) is 46.7 Å². The van der Waals surface area contributed by atoms with E-state index in [9.17, 15) is 25.1 Å². The van der Waals surface area contributed by atoms with Crippen molar-refractivity contribution in [2.45, 2.75) is 12.2 Å². The second-order valence-electron chi connectivity index (χ2n) is 4.16. The van der Waals surface area contributed by atoms with E-state index in [4.69, 9.17) is 0 Å². The molecule has 1 saturated heterocycles. The van der Waals surface area contributed by atoms with Crippen molar-refractivity contribution in [3.63, 3.8) is 0 Å². The van der Waals surface area contributed by atoms with Crippen molar-refractivity contribution in [1.29, 1.82) is 0 Å². The number of benzene rings is 1. The molecule has 2 atom stereocenters. The molecule has 1 aliphatic heterocycles. The molecule has 0 spiro atoms. The van der Waals surface area contributed by atoms with Crippen LogP contribution in [0.2, 0.25) is 0 Å². The summed E-state index contributed by atoms with van der Waals surface area (Å²) in [5, 5.41) is 29.5. The molecule has 18 heavy (non-hydrogen) atoms. The van der Waals surface area contributed by atoms with E-state index in [1.54, 1.807) is 4.90 Å². The van der Waals surface area contributed by atoms with E-state index >= 15 is 0 Å². The van der Waals surface area contributed by atoms with Crippen molar-refractivity contribution in [3.8, 4) is 0 Å². The molecule has 1 fully saturated rings. The van der Waals surface area contributed by atoms with E-state index in [2.05, 4.69) is 0 Å². The van der Waals surface area contributed by atoms with Gasteiger partial charge in [0.1, 0.15) is 0 Å². The number of aldehydes is 1. The third kappa shape index (κ3) is 2.18.